The largest absolute Gasteiger partial charge is 0.335 e. The zero-order chi connectivity index (χ0) is 13.9. The van der Waals surface area contributed by atoms with Gasteiger partial charge in [0.2, 0.25) is 0 Å². The minimum atomic E-state index is -0.107. The summed E-state index contributed by atoms with van der Waals surface area (Å²) in [6, 6.07) is 12.2. The maximum atomic E-state index is 12.1. The highest BCUT2D eigenvalue weighted by Crippen LogP contribution is 2.30. The molecule has 0 radical (unpaired) electrons. The van der Waals surface area contributed by atoms with Crippen LogP contribution in [-0.2, 0) is 0 Å². The number of benzene rings is 2. The molecular weight excluding hydrogens is 316 g/mol. The van der Waals surface area contributed by atoms with Gasteiger partial charge in [-0.05, 0) is 30.4 Å². The Kier molecular flexibility index (Phi) is 3.92. The van der Waals surface area contributed by atoms with Crippen LogP contribution in [0.4, 0.5) is 10.5 Å². The summed E-state index contributed by atoms with van der Waals surface area (Å²) in [5.41, 5.74) is 0.847. The molecule has 0 heterocycles. The molecule has 1 aliphatic rings. The van der Waals surface area contributed by atoms with Crippen molar-refractivity contribution in [2.75, 3.05) is 5.32 Å². The lowest BCUT2D eigenvalue weighted by atomic mass is 10.1. The van der Waals surface area contributed by atoms with Crippen LogP contribution in [-0.4, -0.2) is 12.1 Å². The second-order valence-electron chi connectivity index (χ2n) is 5.22. The zero-order valence-corrected chi connectivity index (χ0v) is 12.7. The number of carbonyl (C=O) groups is 1. The van der Waals surface area contributed by atoms with Crippen LogP contribution in [0, 0.1) is 0 Å². The summed E-state index contributed by atoms with van der Waals surface area (Å²) in [5, 5.41) is 8.16. The van der Waals surface area contributed by atoms with E-state index in [2.05, 4.69) is 26.6 Å². The lowest BCUT2D eigenvalue weighted by molar-refractivity contribution is 0.248. The molecule has 0 atom stereocenters. The number of halogens is 1. The third-order valence-corrected chi connectivity index (χ3v) is 4.50. The molecule has 1 saturated carbocycles. The summed E-state index contributed by atoms with van der Waals surface area (Å²) >= 11 is 3.54. The SMILES string of the molecule is O=C(Nc1ccc(Br)c2ccccc12)NC1CCCC1. The summed E-state index contributed by atoms with van der Waals surface area (Å²) in [4.78, 5) is 12.1. The predicted molar refractivity (Wildman–Crippen MR) is 86.1 cm³/mol. The van der Waals surface area contributed by atoms with Crippen molar-refractivity contribution in [3.05, 3.63) is 40.9 Å². The smallest absolute Gasteiger partial charge is 0.319 e. The van der Waals surface area contributed by atoms with E-state index in [1.54, 1.807) is 0 Å². The molecule has 1 fully saturated rings. The van der Waals surface area contributed by atoms with E-state index in [9.17, 15) is 4.79 Å². The first-order chi connectivity index (χ1) is 9.74. The van der Waals surface area contributed by atoms with Gasteiger partial charge in [0.25, 0.3) is 0 Å². The molecule has 2 amide bonds. The predicted octanol–water partition coefficient (Wildman–Crippen LogP) is 4.67. The van der Waals surface area contributed by atoms with Crippen molar-refractivity contribution < 1.29 is 4.79 Å². The Morgan fingerprint density at radius 1 is 1.05 bits per heavy atom. The fourth-order valence-electron chi connectivity index (χ4n) is 2.79. The van der Waals surface area contributed by atoms with E-state index in [0.29, 0.717) is 6.04 Å². The van der Waals surface area contributed by atoms with Gasteiger partial charge in [-0.15, -0.1) is 0 Å². The molecule has 3 nitrogen and oxygen atoms in total. The first-order valence-electron chi connectivity index (χ1n) is 6.99. The third-order valence-electron chi connectivity index (χ3n) is 3.81. The lowest BCUT2D eigenvalue weighted by Gasteiger charge is -2.14. The fourth-order valence-corrected chi connectivity index (χ4v) is 3.26. The summed E-state index contributed by atoms with van der Waals surface area (Å²) < 4.78 is 1.04. The van der Waals surface area contributed by atoms with E-state index in [1.807, 2.05) is 36.4 Å². The number of hydrogen-bond acceptors (Lipinski definition) is 1. The Balaban J connectivity index is 1.80. The van der Waals surface area contributed by atoms with E-state index < -0.39 is 0 Å². The maximum Gasteiger partial charge on any atom is 0.319 e. The molecular formula is C16H17BrN2O. The Bertz CT molecular complexity index is 635. The van der Waals surface area contributed by atoms with Crippen molar-refractivity contribution in [2.24, 2.45) is 0 Å². The van der Waals surface area contributed by atoms with Crippen LogP contribution in [0.15, 0.2) is 40.9 Å². The number of amides is 2. The average Bonchev–Trinajstić information content (AvgIpc) is 2.95. The Morgan fingerprint density at radius 2 is 1.75 bits per heavy atom. The first kappa shape index (κ1) is 13.4. The number of urea groups is 1. The molecule has 2 aromatic rings. The van der Waals surface area contributed by atoms with Crippen LogP contribution in [0.3, 0.4) is 0 Å². The minimum Gasteiger partial charge on any atom is -0.335 e. The highest BCUT2D eigenvalue weighted by Gasteiger charge is 2.17. The topological polar surface area (TPSA) is 41.1 Å². The summed E-state index contributed by atoms with van der Waals surface area (Å²) in [5.74, 6) is 0. The van der Waals surface area contributed by atoms with Crippen molar-refractivity contribution in [3.8, 4) is 0 Å². The quantitative estimate of drug-likeness (QED) is 0.824. The van der Waals surface area contributed by atoms with Gasteiger partial charge in [0.05, 0.1) is 5.69 Å². The molecule has 20 heavy (non-hydrogen) atoms. The number of nitrogens with one attached hydrogen (secondary N) is 2. The number of hydrogen-bond donors (Lipinski definition) is 2. The average molecular weight is 333 g/mol. The van der Waals surface area contributed by atoms with Gasteiger partial charge in [0, 0.05) is 15.9 Å². The van der Waals surface area contributed by atoms with E-state index in [1.165, 1.54) is 12.8 Å². The molecule has 0 saturated heterocycles. The van der Waals surface area contributed by atoms with Crippen molar-refractivity contribution in [2.45, 2.75) is 31.7 Å². The van der Waals surface area contributed by atoms with Crippen molar-refractivity contribution >= 4 is 38.4 Å². The normalized spacial score (nSPS) is 15.4. The van der Waals surface area contributed by atoms with Gasteiger partial charge in [-0.3, -0.25) is 0 Å². The molecule has 2 aromatic carbocycles. The van der Waals surface area contributed by atoms with Gasteiger partial charge in [-0.25, -0.2) is 4.79 Å². The molecule has 0 spiro atoms. The summed E-state index contributed by atoms with van der Waals surface area (Å²) in [7, 11) is 0. The van der Waals surface area contributed by atoms with Crippen LogP contribution in [0.1, 0.15) is 25.7 Å². The molecule has 4 heteroatoms. The molecule has 0 bridgehead atoms. The van der Waals surface area contributed by atoms with Gasteiger partial charge in [0.1, 0.15) is 0 Å². The van der Waals surface area contributed by atoms with Gasteiger partial charge in [-0.1, -0.05) is 53.0 Å². The highest BCUT2D eigenvalue weighted by molar-refractivity contribution is 9.10. The number of rotatable bonds is 2. The van der Waals surface area contributed by atoms with Crippen LogP contribution in [0.25, 0.3) is 10.8 Å². The molecule has 3 rings (SSSR count). The maximum absolute atomic E-state index is 12.1. The van der Waals surface area contributed by atoms with Gasteiger partial charge in [-0.2, -0.15) is 0 Å². The summed E-state index contributed by atoms with van der Waals surface area (Å²) in [6.45, 7) is 0. The molecule has 0 unspecified atom stereocenters. The minimum absolute atomic E-state index is 0.107. The van der Waals surface area contributed by atoms with Crippen LogP contribution < -0.4 is 10.6 Å². The number of anilines is 1. The highest BCUT2D eigenvalue weighted by atomic mass is 79.9. The van der Waals surface area contributed by atoms with Gasteiger partial charge in [0.15, 0.2) is 0 Å². The number of fused-ring (bicyclic) bond motifs is 1. The van der Waals surface area contributed by atoms with E-state index in [-0.39, 0.29) is 6.03 Å². The first-order valence-corrected chi connectivity index (χ1v) is 7.78. The Labute approximate surface area is 126 Å². The molecule has 104 valence electrons. The zero-order valence-electron chi connectivity index (χ0n) is 11.2. The second kappa shape index (κ2) is 5.83. The van der Waals surface area contributed by atoms with Crippen LogP contribution >= 0.6 is 15.9 Å². The third kappa shape index (κ3) is 2.80. The van der Waals surface area contributed by atoms with Crippen molar-refractivity contribution in [3.63, 3.8) is 0 Å². The van der Waals surface area contributed by atoms with Gasteiger partial charge >= 0.3 is 6.03 Å². The van der Waals surface area contributed by atoms with Crippen molar-refractivity contribution in [1.29, 1.82) is 0 Å². The molecule has 2 N–H and O–H groups in total. The Hall–Kier alpha value is -1.55. The van der Waals surface area contributed by atoms with Gasteiger partial charge < -0.3 is 10.6 Å². The standard InChI is InChI=1S/C16H17BrN2O/c17-14-9-10-15(13-8-4-3-7-12(13)14)19-16(20)18-11-5-1-2-6-11/h3-4,7-11H,1-2,5-6H2,(H2,18,19,20). The Morgan fingerprint density at radius 3 is 2.50 bits per heavy atom. The van der Waals surface area contributed by atoms with Crippen LogP contribution in [0.5, 0.6) is 0 Å². The lowest BCUT2D eigenvalue weighted by Crippen LogP contribution is -2.36. The molecule has 0 aromatic heterocycles. The van der Waals surface area contributed by atoms with Crippen LogP contribution in [0.2, 0.25) is 0 Å². The van der Waals surface area contributed by atoms with Crippen molar-refractivity contribution in [1.82, 2.24) is 5.32 Å². The fraction of sp³-hybridized carbons (Fsp3) is 0.312. The summed E-state index contributed by atoms with van der Waals surface area (Å²) in [6.07, 6.45) is 4.61. The monoisotopic (exact) mass is 332 g/mol. The molecule has 1 aliphatic carbocycles. The number of carbonyl (C=O) groups excluding carboxylic acids is 1. The van der Waals surface area contributed by atoms with E-state index >= 15 is 0 Å². The molecule has 0 aliphatic heterocycles. The van der Waals surface area contributed by atoms with E-state index in [4.69, 9.17) is 0 Å². The second-order valence-corrected chi connectivity index (χ2v) is 6.07. The van der Waals surface area contributed by atoms with E-state index in [0.717, 1.165) is 33.8 Å².